The summed E-state index contributed by atoms with van der Waals surface area (Å²) in [5.41, 5.74) is 8.25. The number of rotatable bonds is 5. The first kappa shape index (κ1) is 28.8. The fourth-order valence-corrected chi connectivity index (χ4v) is 8.82. The monoisotopic (exact) mass is 653 g/mol. The molecule has 2 heteroatoms. The van der Waals surface area contributed by atoms with Crippen LogP contribution in [-0.2, 0) is 0 Å². The van der Waals surface area contributed by atoms with Gasteiger partial charge < -0.3 is 4.90 Å². The number of hydrogen-bond donors (Lipinski definition) is 0. The van der Waals surface area contributed by atoms with E-state index in [0.717, 1.165) is 17.1 Å². The van der Waals surface area contributed by atoms with Gasteiger partial charge in [0.05, 0.1) is 0 Å². The van der Waals surface area contributed by atoms with Crippen LogP contribution >= 0.6 is 11.3 Å². The lowest BCUT2D eigenvalue weighted by atomic mass is 9.89. The Labute approximate surface area is 294 Å². The van der Waals surface area contributed by atoms with Gasteiger partial charge in [-0.15, -0.1) is 11.3 Å². The highest BCUT2D eigenvalue weighted by Crippen LogP contribution is 2.45. The van der Waals surface area contributed by atoms with Crippen molar-refractivity contribution in [3.05, 3.63) is 188 Å². The van der Waals surface area contributed by atoms with Crippen LogP contribution in [0.3, 0.4) is 0 Å². The largest absolute Gasteiger partial charge is 0.310 e. The van der Waals surface area contributed by atoms with Crippen molar-refractivity contribution in [2.24, 2.45) is 0 Å². The van der Waals surface area contributed by atoms with E-state index in [2.05, 4.69) is 193 Å². The summed E-state index contributed by atoms with van der Waals surface area (Å²) >= 11 is 1.86. The summed E-state index contributed by atoms with van der Waals surface area (Å²) in [5, 5.41) is 10.3. The predicted octanol–water partition coefficient (Wildman–Crippen LogP) is 14.3. The van der Waals surface area contributed by atoms with Crippen LogP contribution in [0, 0.1) is 0 Å². The molecule has 0 bridgehead atoms. The molecule has 0 radical (unpaired) electrons. The zero-order valence-corrected chi connectivity index (χ0v) is 28.1. The fourth-order valence-electron chi connectivity index (χ4n) is 7.73. The molecule has 234 valence electrons. The third kappa shape index (κ3) is 4.69. The molecular weight excluding hydrogens is 623 g/mol. The highest BCUT2D eigenvalue weighted by Gasteiger charge is 2.19. The number of para-hydroxylation sites is 1. The van der Waals surface area contributed by atoms with E-state index in [-0.39, 0.29) is 0 Å². The average Bonchev–Trinajstić information content (AvgIpc) is 3.56. The van der Waals surface area contributed by atoms with E-state index in [9.17, 15) is 0 Å². The first-order valence-corrected chi connectivity index (χ1v) is 17.9. The molecule has 0 aliphatic heterocycles. The topological polar surface area (TPSA) is 3.24 Å². The minimum absolute atomic E-state index is 1.12. The number of thiophene rings is 1. The van der Waals surface area contributed by atoms with E-state index >= 15 is 0 Å². The molecule has 0 N–H and O–H groups in total. The summed E-state index contributed by atoms with van der Waals surface area (Å²) in [5.74, 6) is 0. The maximum Gasteiger partial charge on any atom is 0.0468 e. The van der Waals surface area contributed by atoms with Crippen molar-refractivity contribution >= 4 is 80.9 Å². The van der Waals surface area contributed by atoms with Crippen molar-refractivity contribution in [1.29, 1.82) is 0 Å². The van der Waals surface area contributed by atoms with Crippen molar-refractivity contribution in [3.8, 4) is 22.3 Å². The standard InChI is InChI=1S/C48H31NS/c1-3-12-32(13-4-1)45-30-35(49(34-15-5-2-6-16-34)36-24-29-48-46(31-36)44-18-9-10-21-47(44)50-48)23-26-43(45)39-20-11-19-38-41-25-22-33-14-7-8-17-37(33)40(41)27-28-42(38)39/h1-31H. The second kappa shape index (κ2) is 11.7. The van der Waals surface area contributed by atoms with Gasteiger partial charge in [-0.2, -0.15) is 0 Å². The van der Waals surface area contributed by atoms with E-state index in [1.165, 1.54) is 74.7 Å². The van der Waals surface area contributed by atoms with Gasteiger partial charge in [0.25, 0.3) is 0 Å². The van der Waals surface area contributed by atoms with Crippen molar-refractivity contribution in [3.63, 3.8) is 0 Å². The summed E-state index contributed by atoms with van der Waals surface area (Å²) in [6.45, 7) is 0. The second-order valence-electron chi connectivity index (χ2n) is 12.9. The highest BCUT2D eigenvalue weighted by atomic mass is 32.1. The van der Waals surface area contributed by atoms with Crippen LogP contribution in [-0.4, -0.2) is 0 Å². The van der Waals surface area contributed by atoms with Crippen LogP contribution in [0.1, 0.15) is 0 Å². The Balaban J connectivity index is 1.20. The smallest absolute Gasteiger partial charge is 0.0468 e. The van der Waals surface area contributed by atoms with Crippen LogP contribution in [0.25, 0.3) is 74.7 Å². The molecule has 0 saturated heterocycles. The Hall–Kier alpha value is -6.22. The number of hydrogen-bond acceptors (Lipinski definition) is 2. The molecule has 0 fully saturated rings. The molecule has 0 amide bonds. The molecule has 1 aromatic heterocycles. The SMILES string of the molecule is c1ccc(-c2cc(N(c3ccccc3)c3ccc4sc5ccccc5c4c3)ccc2-c2cccc3c2ccc2c4ccccc4ccc32)cc1. The van der Waals surface area contributed by atoms with Gasteiger partial charge in [0.2, 0.25) is 0 Å². The molecule has 9 aromatic carbocycles. The van der Waals surface area contributed by atoms with Gasteiger partial charge >= 0.3 is 0 Å². The van der Waals surface area contributed by atoms with Gasteiger partial charge in [-0.1, -0.05) is 140 Å². The van der Waals surface area contributed by atoms with Crippen LogP contribution in [0.15, 0.2) is 188 Å². The lowest BCUT2D eigenvalue weighted by Gasteiger charge is -2.27. The number of fused-ring (bicyclic) bond motifs is 8. The Morgan fingerprint density at radius 3 is 1.80 bits per heavy atom. The van der Waals surface area contributed by atoms with E-state index < -0.39 is 0 Å². The summed E-state index contributed by atoms with van der Waals surface area (Å²) in [6.07, 6.45) is 0. The Morgan fingerprint density at radius 2 is 0.920 bits per heavy atom. The maximum absolute atomic E-state index is 2.39. The number of benzene rings is 9. The van der Waals surface area contributed by atoms with Gasteiger partial charge in [-0.05, 0) is 103 Å². The molecule has 0 unspecified atom stereocenters. The van der Waals surface area contributed by atoms with E-state index in [4.69, 9.17) is 0 Å². The van der Waals surface area contributed by atoms with Crippen LogP contribution in [0.4, 0.5) is 17.1 Å². The quantitative estimate of drug-likeness (QED) is 0.167. The van der Waals surface area contributed by atoms with E-state index in [1.54, 1.807) is 0 Å². The maximum atomic E-state index is 2.39. The Kier molecular flexibility index (Phi) is 6.75. The lowest BCUT2D eigenvalue weighted by molar-refractivity contribution is 1.29. The number of anilines is 3. The molecule has 0 aliphatic rings. The second-order valence-corrected chi connectivity index (χ2v) is 14.0. The van der Waals surface area contributed by atoms with Crippen LogP contribution < -0.4 is 4.90 Å². The molecular formula is C48H31NS. The minimum atomic E-state index is 1.12. The fraction of sp³-hybridized carbons (Fsp3) is 0. The molecule has 10 rings (SSSR count). The molecule has 1 heterocycles. The van der Waals surface area contributed by atoms with Crippen molar-refractivity contribution in [2.75, 3.05) is 4.90 Å². The molecule has 0 aliphatic carbocycles. The van der Waals surface area contributed by atoms with Crippen molar-refractivity contribution in [1.82, 2.24) is 0 Å². The minimum Gasteiger partial charge on any atom is -0.310 e. The summed E-state index contributed by atoms with van der Waals surface area (Å²) in [7, 11) is 0. The van der Waals surface area contributed by atoms with Gasteiger partial charge in [0.1, 0.15) is 0 Å². The third-order valence-electron chi connectivity index (χ3n) is 10.1. The zero-order chi connectivity index (χ0) is 33.0. The van der Waals surface area contributed by atoms with Crippen molar-refractivity contribution in [2.45, 2.75) is 0 Å². The van der Waals surface area contributed by atoms with E-state index in [0.29, 0.717) is 0 Å². The van der Waals surface area contributed by atoms with E-state index in [1.807, 2.05) is 11.3 Å². The van der Waals surface area contributed by atoms with Gasteiger partial charge in [0.15, 0.2) is 0 Å². The Bertz CT molecular complexity index is 2870. The first-order valence-electron chi connectivity index (χ1n) is 17.1. The number of nitrogens with zero attached hydrogens (tertiary/aromatic N) is 1. The molecule has 50 heavy (non-hydrogen) atoms. The zero-order valence-electron chi connectivity index (χ0n) is 27.3. The van der Waals surface area contributed by atoms with Crippen LogP contribution in [0.5, 0.6) is 0 Å². The molecule has 0 saturated carbocycles. The van der Waals surface area contributed by atoms with Gasteiger partial charge in [-0.3, -0.25) is 0 Å². The lowest BCUT2D eigenvalue weighted by Crippen LogP contribution is -2.10. The average molecular weight is 654 g/mol. The summed E-state index contributed by atoms with van der Waals surface area (Å²) in [6, 6.07) is 68.8. The predicted molar refractivity (Wildman–Crippen MR) is 217 cm³/mol. The first-order chi connectivity index (χ1) is 24.8. The van der Waals surface area contributed by atoms with Gasteiger partial charge in [-0.25, -0.2) is 0 Å². The molecule has 10 aromatic rings. The third-order valence-corrected chi connectivity index (χ3v) is 11.2. The molecule has 0 spiro atoms. The molecule has 1 nitrogen and oxygen atoms in total. The summed E-state index contributed by atoms with van der Waals surface area (Å²) in [4.78, 5) is 2.39. The van der Waals surface area contributed by atoms with Gasteiger partial charge in [0, 0.05) is 37.2 Å². The normalized spacial score (nSPS) is 11.6. The summed E-state index contributed by atoms with van der Waals surface area (Å²) < 4.78 is 2.62. The Morgan fingerprint density at radius 1 is 0.300 bits per heavy atom. The van der Waals surface area contributed by atoms with Crippen molar-refractivity contribution < 1.29 is 0 Å². The van der Waals surface area contributed by atoms with Crippen LogP contribution in [0.2, 0.25) is 0 Å². The highest BCUT2D eigenvalue weighted by molar-refractivity contribution is 7.25. The molecule has 0 atom stereocenters.